The summed E-state index contributed by atoms with van der Waals surface area (Å²) in [5.41, 5.74) is 10.5. The molecule has 0 fully saturated rings. The molecule has 2 aromatic carbocycles. The van der Waals surface area contributed by atoms with Gasteiger partial charge in [0.05, 0.1) is 6.04 Å². The van der Waals surface area contributed by atoms with E-state index in [0.29, 0.717) is 0 Å². The second-order valence-electron chi connectivity index (χ2n) is 14.0. The van der Waals surface area contributed by atoms with E-state index in [9.17, 15) is 0 Å². The highest BCUT2D eigenvalue weighted by molar-refractivity contribution is 6.32. The summed E-state index contributed by atoms with van der Waals surface area (Å²) in [7, 11) is 0. The van der Waals surface area contributed by atoms with Gasteiger partial charge in [0.2, 0.25) is 0 Å². The van der Waals surface area contributed by atoms with Crippen molar-refractivity contribution in [1.82, 2.24) is 4.90 Å². The molecular weight excluding hydrogens is 568 g/mol. The average Bonchev–Trinajstić information content (AvgIpc) is 3.39. The van der Waals surface area contributed by atoms with E-state index in [1.54, 1.807) is 0 Å². The van der Waals surface area contributed by atoms with Gasteiger partial charge in [0, 0.05) is 39.5 Å². The number of halogens is 1. The van der Waals surface area contributed by atoms with Crippen LogP contribution in [0.2, 0.25) is 0 Å². The quantitative estimate of drug-likeness (QED) is 0.347. The summed E-state index contributed by atoms with van der Waals surface area (Å²) in [6, 6.07) is 13.4. The van der Waals surface area contributed by atoms with Crippen LogP contribution in [0.3, 0.4) is 0 Å². The van der Waals surface area contributed by atoms with E-state index in [2.05, 4.69) is 143 Å². The van der Waals surface area contributed by atoms with Crippen LogP contribution in [-0.4, -0.2) is 17.5 Å². The van der Waals surface area contributed by atoms with Gasteiger partial charge < -0.3 is 10.2 Å². The van der Waals surface area contributed by atoms with Gasteiger partial charge in [-0.15, -0.1) is 0 Å². The second-order valence-corrected chi connectivity index (χ2v) is 14.4. The number of unbranched alkanes of at least 4 members (excludes halogenated alkanes) is 1. The van der Waals surface area contributed by atoms with Crippen molar-refractivity contribution in [3.05, 3.63) is 135 Å². The van der Waals surface area contributed by atoms with Crippen LogP contribution in [0.4, 0.5) is 5.69 Å². The van der Waals surface area contributed by atoms with Crippen LogP contribution < -0.4 is 5.32 Å². The normalized spacial score (nSPS) is 26.5. The molecule has 1 atom stereocenters. The topological polar surface area (TPSA) is 15.3 Å². The zero-order valence-corrected chi connectivity index (χ0v) is 28.8. The molecule has 0 bridgehead atoms. The van der Waals surface area contributed by atoms with Crippen molar-refractivity contribution in [2.24, 2.45) is 5.41 Å². The molecule has 0 aromatic heterocycles. The molecule has 0 saturated carbocycles. The van der Waals surface area contributed by atoms with Crippen LogP contribution in [-0.2, 0) is 5.41 Å². The first kappa shape index (κ1) is 31.5. The van der Waals surface area contributed by atoms with Crippen molar-refractivity contribution in [2.75, 3.05) is 11.9 Å². The monoisotopic (exact) mass is 616 g/mol. The number of allylic oxidation sites excluding steroid dienone is 13. The minimum absolute atomic E-state index is 0.0349. The van der Waals surface area contributed by atoms with Crippen molar-refractivity contribution in [3.8, 4) is 0 Å². The number of benzene rings is 2. The van der Waals surface area contributed by atoms with Gasteiger partial charge in [0.1, 0.15) is 0 Å². The molecule has 0 radical (unpaired) electrons. The highest BCUT2D eigenvalue weighted by Crippen LogP contribution is 2.51. The summed E-state index contributed by atoms with van der Waals surface area (Å²) in [4.78, 5) is 2.57. The maximum absolute atomic E-state index is 7.22. The van der Waals surface area contributed by atoms with Gasteiger partial charge in [-0.25, -0.2) is 0 Å². The molecule has 4 aliphatic rings. The standard InChI is InChI=1S/C42H49ClN2/c1-7-9-28-45-35-21-12-10-11-16-29(8-2)38(35)42(5,6)37(45)27-24-32-19-15-18-31(40(32)43)23-26-36-41(3,4)39-33-20-14-13-17-30(33)22-25-34(39)44-36/h8,11-14,16-17,20-27,36,44H,7,9-10,15,18-19,28H2,1-6H3/b16-11-,21-12-,26-23+,29-8+,32-24+,37-27+. The van der Waals surface area contributed by atoms with E-state index in [1.165, 1.54) is 62.1 Å². The summed E-state index contributed by atoms with van der Waals surface area (Å²) >= 11 is 7.22. The summed E-state index contributed by atoms with van der Waals surface area (Å²) in [5, 5.41) is 7.38. The van der Waals surface area contributed by atoms with Crippen LogP contribution in [0.5, 0.6) is 0 Å². The molecule has 0 spiro atoms. The molecule has 2 heterocycles. The van der Waals surface area contributed by atoms with Gasteiger partial charge in [-0.1, -0.05) is 126 Å². The van der Waals surface area contributed by atoms with Gasteiger partial charge in [-0.3, -0.25) is 0 Å². The molecular formula is C42H49ClN2. The Hall–Kier alpha value is -3.49. The Morgan fingerprint density at radius 2 is 1.80 bits per heavy atom. The number of hydrogen-bond acceptors (Lipinski definition) is 2. The smallest absolute Gasteiger partial charge is 0.0540 e. The Bertz CT molecular complexity index is 1730. The van der Waals surface area contributed by atoms with Crippen molar-refractivity contribution >= 4 is 28.1 Å². The highest BCUT2D eigenvalue weighted by Gasteiger charge is 2.42. The van der Waals surface area contributed by atoms with E-state index >= 15 is 0 Å². The Labute approximate surface area is 276 Å². The summed E-state index contributed by atoms with van der Waals surface area (Å²) < 4.78 is 0. The largest absolute Gasteiger partial charge is 0.378 e. The van der Waals surface area contributed by atoms with Crippen LogP contribution in [0.25, 0.3) is 10.8 Å². The minimum Gasteiger partial charge on any atom is -0.378 e. The Morgan fingerprint density at radius 3 is 2.60 bits per heavy atom. The third-order valence-corrected chi connectivity index (χ3v) is 10.8. The lowest BCUT2D eigenvalue weighted by molar-refractivity contribution is 0.383. The minimum atomic E-state index is -0.111. The van der Waals surface area contributed by atoms with Crippen molar-refractivity contribution in [3.63, 3.8) is 0 Å². The zero-order chi connectivity index (χ0) is 31.8. The lowest BCUT2D eigenvalue weighted by Gasteiger charge is -2.29. The average molecular weight is 617 g/mol. The van der Waals surface area contributed by atoms with E-state index in [-0.39, 0.29) is 16.9 Å². The molecule has 1 unspecified atom stereocenters. The maximum atomic E-state index is 7.22. The molecule has 2 aromatic rings. The Morgan fingerprint density at radius 1 is 1.00 bits per heavy atom. The van der Waals surface area contributed by atoms with Crippen LogP contribution in [0.15, 0.2) is 130 Å². The van der Waals surface area contributed by atoms with Crippen molar-refractivity contribution in [2.45, 2.75) is 91.5 Å². The predicted octanol–water partition coefficient (Wildman–Crippen LogP) is 11.8. The van der Waals surface area contributed by atoms with Gasteiger partial charge in [0.25, 0.3) is 0 Å². The number of hydrogen-bond donors (Lipinski definition) is 1. The molecule has 0 amide bonds. The summed E-state index contributed by atoms with van der Waals surface area (Å²) in [5.74, 6) is 0. The fraction of sp³-hybridized carbons (Fsp3) is 0.381. The molecule has 6 rings (SSSR count). The van der Waals surface area contributed by atoms with Gasteiger partial charge >= 0.3 is 0 Å². The summed E-state index contributed by atoms with van der Waals surface area (Å²) in [6.45, 7) is 15.0. The Balaban J connectivity index is 1.31. The summed E-state index contributed by atoms with van der Waals surface area (Å²) in [6.07, 6.45) is 27.3. The molecule has 234 valence electrons. The first-order valence-electron chi connectivity index (χ1n) is 17.0. The van der Waals surface area contributed by atoms with Crippen molar-refractivity contribution < 1.29 is 0 Å². The fourth-order valence-electron chi connectivity index (χ4n) is 7.84. The second kappa shape index (κ2) is 12.7. The SMILES string of the molecule is C/C=C1\C=C/C/C=C\C2=C1C(C)(C)/C(=C\C=C1/CCCC(/C=C/C3Nc4ccc5ccccc5c4C3(C)C)=C1Cl)N2CCCC. The lowest BCUT2D eigenvalue weighted by atomic mass is 9.78. The number of fused-ring (bicyclic) bond motifs is 3. The van der Waals surface area contributed by atoms with Crippen LogP contribution in [0, 0.1) is 5.41 Å². The van der Waals surface area contributed by atoms with Crippen molar-refractivity contribution in [1.29, 1.82) is 0 Å². The van der Waals surface area contributed by atoms with Crippen LogP contribution >= 0.6 is 11.6 Å². The van der Waals surface area contributed by atoms with Gasteiger partial charge in [-0.2, -0.15) is 0 Å². The molecule has 0 saturated heterocycles. The fourth-order valence-corrected chi connectivity index (χ4v) is 8.16. The number of rotatable bonds is 6. The van der Waals surface area contributed by atoms with Crippen LogP contribution in [0.1, 0.15) is 85.6 Å². The molecule has 2 nitrogen and oxygen atoms in total. The molecule has 1 N–H and O–H groups in total. The highest BCUT2D eigenvalue weighted by atomic mass is 35.5. The lowest BCUT2D eigenvalue weighted by Crippen LogP contribution is -2.31. The Kier molecular flexibility index (Phi) is 8.90. The maximum Gasteiger partial charge on any atom is 0.0540 e. The molecule has 3 heteroatoms. The number of nitrogens with one attached hydrogen (secondary N) is 1. The molecule has 2 aliphatic heterocycles. The zero-order valence-electron chi connectivity index (χ0n) is 28.0. The van der Waals surface area contributed by atoms with E-state index in [0.717, 1.165) is 43.7 Å². The first-order chi connectivity index (χ1) is 21.7. The van der Waals surface area contributed by atoms with E-state index < -0.39 is 0 Å². The number of anilines is 1. The number of nitrogens with zero attached hydrogens (tertiary/aromatic N) is 1. The predicted molar refractivity (Wildman–Crippen MR) is 195 cm³/mol. The first-order valence-corrected chi connectivity index (χ1v) is 17.4. The molecule has 2 aliphatic carbocycles. The molecule has 45 heavy (non-hydrogen) atoms. The third kappa shape index (κ3) is 5.72. The van der Waals surface area contributed by atoms with E-state index in [1.807, 2.05) is 0 Å². The third-order valence-electron chi connectivity index (χ3n) is 10.3. The van der Waals surface area contributed by atoms with E-state index in [4.69, 9.17) is 11.6 Å². The van der Waals surface area contributed by atoms with Gasteiger partial charge in [-0.05, 0) is 95.9 Å². The van der Waals surface area contributed by atoms with Gasteiger partial charge in [0.15, 0.2) is 0 Å².